The number of unbranched alkanes of at least 4 members (excludes halogenated alkanes) is 1. The Morgan fingerprint density at radius 1 is 0.919 bits per heavy atom. The van der Waals surface area contributed by atoms with Crippen LogP contribution in [0.1, 0.15) is 33.6 Å². The molecule has 4 aromatic carbocycles. The minimum absolute atomic E-state index is 0.239. The molecule has 1 aliphatic heterocycles. The Morgan fingerprint density at radius 3 is 2.22 bits per heavy atom. The number of urea groups is 2. The van der Waals surface area contributed by atoms with E-state index < -0.39 is 17.7 Å². The number of hydrogen-bond acceptors (Lipinski definition) is 3. The first-order valence-corrected chi connectivity index (χ1v) is 12.7. The monoisotopic (exact) mass is 496 g/mol. The number of carbonyl (C=O) groups is 2. The second-order valence-electron chi connectivity index (χ2n) is 9.98. The number of nitrogens with one attached hydrogen (secondary N) is 1. The number of hydroxylamine groups is 2. The average Bonchev–Trinajstić information content (AvgIpc) is 3.10. The van der Waals surface area contributed by atoms with Gasteiger partial charge in [0.1, 0.15) is 0 Å². The maximum Gasteiger partial charge on any atom is 0.347 e. The van der Waals surface area contributed by atoms with Gasteiger partial charge in [0.2, 0.25) is 0 Å². The minimum Gasteiger partial charge on any atom is -0.315 e. The Kier molecular flexibility index (Phi) is 6.48. The van der Waals surface area contributed by atoms with Crippen molar-refractivity contribution in [3.05, 3.63) is 84.9 Å². The molecule has 0 saturated carbocycles. The number of fused-ring (bicyclic) bond motifs is 2. The van der Waals surface area contributed by atoms with Gasteiger partial charge in [-0.25, -0.2) is 9.59 Å². The number of nitrogens with zero attached hydrogens (tertiary/aromatic N) is 3. The lowest BCUT2D eigenvalue weighted by Crippen LogP contribution is -2.58. The van der Waals surface area contributed by atoms with Crippen molar-refractivity contribution in [3.8, 4) is 0 Å². The second kappa shape index (κ2) is 9.75. The summed E-state index contributed by atoms with van der Waals surface area (Å²) in [6.45, 7) is 6.39. The number of carbonyl (C=O) groups excluding carboxylic acids is 2. The van der Waals surface area contributed by atoms with E-state index in [1.54, 1.807) is 15.9 Å². The lowest BCUT2D eigenvalue weighted by Gasteiger charge is -2.38. The topological polar surface area (TPSA) is 76.1 Å². The van der Waals surface area contributed by atoms with Gasteiger partial charge >= 0.3 is 12.1 Å². The van der Waals surface area contributed by atoms with Crippen molar-refractivity contribution >= 4 is 45.0 Å². The third kappa shape index (κ3) is 4.25. The summed E-state index contributed by atoms with van der Waals surface area (Å²) in [6.07, 6.45) is 0.778. The van der Waals surface area contributed by atoms with Crippen LogP contribution < -0.4 is 10.2 Å². The highest BCUT2D eigenvalue weighted by atomic mass is 16.5. The third-order valence-electron chi connectivity index (χ3n) is 7.24. The van der Waals surface area contributed by atoms with E-state index in [1.165, 1.54) is 0 Å². The summed E-state index contributed by atoms with van der Waals surface area (Å²) in [5.74, 6) is 0. The van der Waals surface area contributed by atoms with Gasteiger partial charge in [0.05, 0.1) is 16.9 Å². The summed E-state index contributed by atoms with van der Waals surface area (Å²) >= 11 is 0. The van der Waals surface area contributed by atoms with Crippen LogP contribution in [0.3, 0.4) is 0 Å². The smallest absolute Gasteiger partial charge is 0.315 e. The van der Waals surface area contributed by atoms with Crippen LogP contribution in [-0.4, -0.2) is 45.5 Å². The van der Waals surface area contributed by atoms with Crippen molar-refractivity contribution in [1.82, 2.24) is 9.96 Å². The molecule has 7 heteroatoms. The fraction of sp³-hybridized carbons (Fsp3) is 0.267. The van der Waals surface area contributed by atoms with Crippen LogP contribution in [-0.2, 0) is 0 Å². The zero-order valence-corrected chi connectivity index (χ0v) is 21.4. The molecule has 5 rings (SSSR count). The molecular formula is C30H32N4O3. The predicted octanol–water partition coefficient (Wildman–Crippen LogP) is 7.06. The molecular weight excluding hydrogens is 464 g/mol. The molecule has 0 radical (unpaired) electrons. The van der Waals surface area contributed by atoms with Gasteiger partial charge in [0.15, 0.2) is 6.17 Å². The fourth-order valence-electron chi connectivity index (χ4n) is 5.32. The van der Waals surface area contributed by atoms with E-state index in [0.29, 0.717) is 23.0 Å². The summed E-state index contributed by atoms with van der Waals surface area (Å²) in [6, 6.07) is 26.0. The zero-order valence-electron chi connectivity index (χ0n) is 21.4. The summed E-state index contributed by atoms with van der Waals surface area (Å²) in [7, 11) is 0. The number of amides is 4. The van der Waals surface area contributed by atoms with E-state index in [2.05, 4.69) is 12.2 Å². The molecule has 1 unspecified atom stereocenters. The Bertz CT molecular complexity index is 1460. The molecule has 0 aliphatic carbocycles. The molecule has 1 fully saturated rings. The third-order valence-corrected chi connectivity index (χ3v) is 7.24. The summed E-state index contributed by atoms with van der Waals surface area (Å²) in [5.41, 5.74) is 0.370. The molecule has 4 aromatic rings. The Morgan fingerprint density at radius 2 is 1.51 bits per heavy atom. The second-order valence-corrected chi connectivity index (χ2v) is 9.98. The predicted molar refractivity (Wildman–Crippen MR) is 148 cm³/mol. The molecule has 1 atom stereocenters. The number of anilines is 2. The average molecular weight is 497 g/mol. The van der Waals surface area contributed by atoms with Gasteiger partial charge < -0.3 is 10.2 Å². The first-order valence-electron chi connectivity index (χ1n) is 12.7. The molecule has 0 spiro atoms. The van der Waals surface area contributed by atoms with Gasteiger partial charge in [-0.15, -0.1) is 0 Å². The van der Waals surface area contributed by atoms with Crippen LogP contribution in [0, 0.1) is 0 Å². The van der Waals surface area contributed by atoms with E-state index in [9.17, 15) is 14.8 Å². The zero-order chi connectivity index (χ0) is 26.2. The van der Waals surface area contributed by atoms with Crippen LogP contribution >= 0.6 is 0 Å². The van der Waals surface area contributed by atoms with Gasteiger partial charge in [-0.1, -0.05) is 86.1 Å². The first kappa shape index (κ1) is 24.6. The Hall–Kier alpha value is -4.10. The highest BCUT2D eigenvalue weighted by Crippen LogP contribution is 2.40. The van der Waals surface area contributed by atoms with E-state index >= 15 is 0 Å². The van der Waals surface area contributed by atoms with Gasteiger partial charge in [0.25, 0.3) is 0 Å². The molecule has 1 heterocycles. The molecule has 37 heavy (non-hydrogen) atoms. The summed E-state index contributed by atoms with van der Waals surface area (Å²) in [5, 5.41) is 18.7. The van der Waals surface area contributed by atoms with Crippen LogP contribution in [0.4, 0.5) is 21.0 Å². The van der Waals surface area contributed by atoms with E-state index in [-0.39, 0.29) is 6.03 Å². The summed E-state index contributed by atoms with van der Waals surface area (Å²) in [4.78, 5) is 30.7. The van der Waals surface area contributed by atoms with Crippen molar-refractivity contribution in [3.63, 3.8) is 0 Å². The molecule has 190 valence electrons. The van der Waals surface area contributed by atoms with Crippen molar-refractivity contribution in [1.29, 1.82) is 0 Å². The van der Waals surface area contributed by atoms with Crippen LogP contribution in [0.25, 0.3) is 21.5 Å². The lowest BCUT2D eigenvalue weighted by atomic mass is 9.99. The molecule has 4 amide bonds. The Labute approximate surface area is 216 Å². The normalized spacial score (nSPS) is 17.0. The molecule has 7 nitrogen and oxygen atoms in total. The highest BCUT2D eigenvalue weighted by molar-refractivity contribution is 6.06. The largest absolute Gasteiger partial charge is 0.347 e. The Balaban J connectivity index is 1.56. The SMILES string of the molecule is CCCCN1C(=O)N(c2cccc3ccccc23)C(N(O)C(=O)Nc2cccc3ccccc23)C1(C)C. The standard InChI is InChI=1S/C30H32N4O3/c1-4-5-20-32-29(36)33(26-19-11-15-22-13-7-9-17-24(22)26)27(30(32,2)3)34(37)28(35)31-25-18-10-14-21-12-6-8-16-23(21)25/h6-19,27,37H,4-5,20H2,1-3H3,(H,31,35). The van der Waals surface area contributed by atoms with Crippen LogP contribution in [0.15, 0.2) is 84.9 Å². The van der Waals surface area contributed by atoms with Gasteiger partial charge in [-0.05, 0) is 43.2 Å². The van der Waals surface area contributed by atoms with Gasteiger partial charge in [-0.2, -0.15) is 5.06 Å². The van der Waals surface area contributed by atoms with Gasteiger partial charge in [0, 0.05) is 17.3 Å². The van der Waals surface area contributed by atoms with E-state index in [1.807, 2.05) is 92.7 Å². The maximum atomic E-state index is 13.9. The number of hydrogen-bond donors (Lipinski definition) is 2. The molecule has 0 bridgehead atoms. The first-order chi connectivity index (χ1) is 17.8. The number of rotatable bonds is 6. The molecule has 1 aliphatic rings. The fourth-order valence-corrected chi connectivity index (χ4v) is 5.32. The summed E-state index contributed by atoms with van der Waals surface area (Å²) < 4.78 is 0. The molecule has 0 aromatic heterocycles. The van der Waals surface area contributed by atoms with Crippen molar-refractivity contribution in [2.24, 2.45) is 0 Å². The van der Waals surface area contributed by atoms with Crippen molar-refractivity contribution in [2.75, 3.05) is 16.8 Å². The van der Waals surface area contributed by atoms with Crippen LogP contribution in [0.2, 0.25) is 0 Å². The van der Waals surface area contributed by atoms with Crippen molar-refractivity contribution < 1.29 is 14.8 Å². The molecule has 2 N–H and O–H groups in total. The van der Waals surface area contributed by atoms with E-state index in [4.69, 9.17) is 0 Å². The van der Waals surface area contributed by atoms with Gasteiger partial charge in [-0.3, -0.25) is 10.1 Å². The minimum atomic E-state index is -0.961. The quantitative estimate of drug-likeness (QED) is 0.222. The van der Waals surface area contributed by atoms with Crippen molar-refractivity contribution in [2.45, 2.75) is 45.3 Å². The maximum absolute atomic E-state index is 13.9. The van der Waals surface area contributed by atoms with E-state index in [0.717, 1.165) is 34.4 Å². The van der Waals surface area contributed by atoms with Crippen LogP contribution in [0.5, 0.6) is 0 Å². The lowest BCUT2D eigenvalue weighted by molar-refractivity contribution is -0.0948. The molecule has 1 saturated heterocycles. The highest BCUT2D eigenvalue weighted by Gasteiger charge is 2.56. The number of benzene rings is 4.